The second-order valence-corrected chi connectivity index (χ2v) is 5.46. The Morgan fingerprint density at radius 3 is 2.27 bits per heavy atom. The van der Waals surface area contributed by atoms with Crippen molar-refractivity contribution in [3.63, 3.8) is 0 Å². The number of halogens is 2. The molecule has 82 valence electrons. The van der Waals surface area contributed by atoms with E-state index >= 15 is 0 Å². The monoisotopic (exact) mass is 244 g/mol. The molecule has 1 saturated carbocycles. The highest BCUT2D eigenvalue weighted by Crippen LogP contribution is 2.64. The molecule has 0 radical (unpaired) electrons. The second-order valence-electron chi connectivity index (χ2n) is 4.69. The fraction of sp³-hybridized carbons (Fsp3) is 0.545. The van der Waals surface area contributed by atoms with Crippen LogP contribution in [0, 0.1) is 11.3 Å². The van der Waals surface area contributed by atoms with E-state index in [1.165, 1.54) is 0 Å². The molecule has 15 heavy (non-hydrogen) atoms. The third-order valence-electron chi connectivity index (χ3n) is 3.45. The van der Waals surface area contributed by atoms with Gasteiger partial charge in [-0.3, -0.25) is 0 Å². The number of hydrogen-bond acceptors (Lipinski definition) is 2. The Labute approximate surface area is 99.8 Å². The largest absolute Gasteiger partial charge is 0.330 e. The smallest absolute Gasteiger partial charge is 0.131 e. The van der Waals surface area contributed by atoms with Crippen LogP contribution in [0.1, 0.15) is 25.3 Å². The molecule has 1 aromatic heterocycles. The topological polar surface area (TPSA) is 38.9 Å². The third-order valence-corrected chi connectivity index (χ3v) is 3.84. The van der Waals surface area contributed by atoms with Crippen molar-refractivity contribution < 1.29 is 0 Å². The van der Waals surface area contributed by atoms with Crippen LogP contribution in [0.15, 0.2) is 12.1 Å². The summed E-state index contributed by atoms with van der Waals surface area (Å²) >= 11 is 11.8. The number of nitrogens with zero attached hydrogens (tertiary/aromatic N) is 1. The summed E-state index contributed by atoms with van der Waals surface area (Å²) < 4.78 is 0. The average molecular weight is 245 g/mol. The molecule has 0 spiro atoms. The summed E-state index contributed by atoms with van der Waals surface area (Å²) in [7, 11) is 0. The van der Waals surface area contributed by atoms with E-state index in [9.17, 15) is 0 Å². The van der Waals surface area contributed by atoms with Crippen LogP contribution in [0.4, 0.5) is 0 Å². The van der Waals surface area contributed by atoms with Gasteiger partial charge in [0.25, 0.3) is 0 Å². The van der Waals surface area contributed by atoms with Crippen molar-refractivity contribution in [1.82, 2.24) is 4.98 Å². The highest BCUT2D eigenvalue weighted by atomic mass is 35.5. The lowest BCUT2D eigenvalue weighted by Gasteiger charge is -2.04. The van der Waals surface area contributed by atoms with E-state index in [4.69, 9.17) is 28.9 Å². The summed E-state index contributed by atoms with van der Waals surface area (Å²) in [5, 5.41) is 0.909. The standard InChI is InChI=1S/C11H14Cl2N2/c1-11(2)7(5-14)10(11)6-3-8(12)15-9(13)4-6/h3-4,7,10H,5,14H2,1-2H3/t7-,10-/m1/s1. The van der Waals surface area contributed by atoms with Crippen LogP contribution in [-0.2, 0) is 0 Å². The van der Waals surface area contributed by atoms with E-state index in [1.54, 1.807) is 0 Å². The van der Waals surface area contributed by atoms with Gasteiger partial charge in [0, 0.05) is 0 Å². The van der Waals surface area contributed by atoms with Crippen molar-refractivity contribution in [2.75, 3.05) is 6.54 Å². The van der Waals surface area contributed by atoms with Gasteiger partial charge in [-0.15, -0.1) is 0 Å². The molecule has 0 aromatic carbocycles. The van der Waals surface area contributed by atoms with Gasteiger partial charge < -0.3 is 5.73 Å². The molecule has 0 amide bonds. The molecule has 1 aliphatic carbocycles. The highest BCUT2D eigenvalue weighted by molar-refractivity contribution is 6.32. The Morgan fingerprint density at radius 1 is 1.33 bits per heavy atom. The molecule has 0 unspecified atom stereocenters. The molecular weight excluding hydrogens is 231 g/mol. The molecule has 2 N–H and O–H groups in total. The predicted molar refractivity (Wildman–Crippen MR) is 63.3 cm³/mol. The molecule has 2 nitrogen and oxygen atoms in total. The maximum absolute atomic E-state index is 5.88. The van der Waals surface area contributed by atoms with Gasteiger partial charge >= 0.3 is 0 Å². The number of pyridine rings is 1. The Morgan fingerprint density at radius 2 is 1.87 bits per heavy atom. The molecule has 2 atom stereocenters. The van der Waals surface area contributed by atoms with E-state index in [2.05, 4.69) is 18.8 Å². The summed E-state index contributed by atoms with van der Waals surface area (Å²) in [6.07, 6.45) is 0. The first-order chi connectivity index (χ1) is 6.96. The van der Waals surface area contributed by atoms with E-state index in [-0.39, 0.29) is 5.41 Å². The zero-order valence-electron chi connectivity index (χ0n) is 8.80. The molecule has 0 bridgehead atoms. The Balaban J connectivity index is 2.32. The van der Waals surface area contributed by atoms with Crippen LogP contribution in [0.3, 0.4) is 0 Å². The van der Waals surface area contributed by atoms with Crippen molar-refractivity contribution in [3.05, 3.63) is 28.0 Å². The quantitative estimate of drug-likeness (QED) is 0.813. The fourth-order valence-electron chi connectivity index (χ4n) is 2.51. The van der Waals surface area contributed by atoms with Gasteiger partial charge in [0.15, 0.2) is 0 Å². The molecule has 4 heteroatoms. The highest BCUT2D eigenvalue weighted by Gasteiger charge is 2.57. The summed E-state index contributed by atoms with van der Waals surface area (Å²) in [6, 6.07) is 3.77. The second kappa shape index (κ2) is 3.62. The van der Waals surface area contributed by atoms with Crippen LogP contribution in [0.5, 0.6) is 0 Å². The Bertz CT molecular complexity index is 370. The molecule has 0 aliphatic heterocycles. The summed E-state index contributed by atoms with van der Waals surface area (Å²) in [4.78, 5) is 3.94. The van der Waals surface area contributed by atoms with Crippen molar-refractivity contribution in [1.29, 1.82) is 0 Å². The molecule has 2 rings (SSSR count). The maximum atomic E-state index is 5.88. The zero-order chi connectivity index (χ0) is 11.2. The van der Waals surface area contributed by atoms with Crippen molar-refractivity contribution in [2.24, 2.45) is 17.1 Å². The van der Waals surface area contributed by atoms with Crippen LogP contribution in [0.25, 0.3) is 0 Å². The van der Waals surface area contributed by atoms with Gasteiger partial charge in [0.05, 0.1) is 0 Å². The first-order valence-electron chi connectivity index (χ1n) is 5.00. The normalized spacial score (nSPS) is 27.8. The lowest BCUT2D eigenvalue weighted by atomic mass is 10.0. The molecule has 1 fully saturated rings. The van der Waals surface area contributed by atoms with Crippen LogP contribution >= 0.6 is 23.2 Å². The van der Waals surface area contributed by atoms with Gasteiger partial charge in [-0.25, -0.2) is 4.98 Å². The van der Waals surface area contributed by atoms with Crippen LogP contribution in [0.2, 0.25) is 10.3 Å². The van der Waals surface area contributed by atoms with Gasteiger partial charge in [-0.1, -0.05) is 37.0 Å². The van der Waals surface area contributed by atoms with Gasteiger partial charge in [-0.05, 0) is 41.5 Å². The third kappa shape index (κ3) is 1.86. The number of hydrogen-bond donors (Lipinski definition) is 1. The minimum absolute atomic E-state index is 0.253. The van der Waals surface area contributed by atoms with Crippen molar-refractivity contribution in [3.8, 4) is 0 Å². The zero-order valence-corrected chi connectivity index (χ0v) is 10.3. The van der Waals surface area contributed by atoms with Gasteiger partial charge in [0.1, 0.15) is 10.3 Å². The number of aromatic nitrogens is 1. The minimum atomic E-state index is 0.253. The molecule has 1 aliphatic rings. The Hall–Kier alpha value is -0.310. The minimum Gasteiger partial charge on any atom is -0.330 e. The first kappa shape index (κ1) is 11.2. The first-order valence-corrected chi connectivity index (χ1v) is 5.75. The van der Waals surface area contributed by atoms with Crippen molar-refractivity contribution >= 4 is 23.2 Å². The van der Waals surface area contributed by atoms with Crippen LogP contribution in [-0.4, -0.2) is 11.5 Å². The lowest BCUT2D eigenvalue weighted by molar-refractivity contribution is 0.558. The lowest BCUT2D eigenvalue weighted by Crippen LogP contribution is -2.05. The fourth-order valence-corrected chi connectivity index (χ4v) is 2.99. The van der Waals surface area contributed by atoms with Gasteiger partial charge in [0.2, 0.25) is 0 Å². The maximum Gasteiger partial charge on any atom is 0.131 e. The molecule has 0 saturated heterocycles. The number of rotatable bonds is 2. The van der Waals surface area contributed by atoms with Crippen LogP contribution < -0.4 is 5.73 Å². The molecule has 1 heterocycles. The van der Waals surface area contributed by atoms with Gasteiger partial charge in [-0.2, -0.15) is 0 Å². The summed E-state index contributed by atoms with van der Waals surface area (Å²) in [5.41, 5.74) is 7.14. The molecular formula is C11H14Cl2N2. The molecule has 1 aromatic rings. The summed E-state index contributed by atoms with van der Waals surface area (Å²) in [6.45, 7) is 5.14. The van der Waals surface area contributed by atoms with E-state index < -0.39 is 0 Å². The SMILES string of the molecule is CC1(C)[C@H](CN)[C@H]1c1cc(Cl)nc(Cl)c1. The van der Waals surface area contributed by atoms with Crippen molar-refractivity contribution in [2.45, 2.75) is 19.8 Å². The summed E-state index contributed by atoms with van der Waals surface area (Å²) in [5.74, 6) is 0.979. The van der Waals surface area contributed by atoms with E-state index in [0.717, 1.165) is 5.56 Å². The average Bonchev–Trinajstić information content (AvgIpc) is 2.66. The van der Waals surface area contributed by atoms with E-state index in [1.807, 2.05) is 12.1 Å². The number of nitrogens with two attached hydrogens (primary N) is 1. The Kier molecular flexibility index (Phi) is 2.70. The predicted octanol–water partition coefficient (Wildman–Crippen LogP) is 3.09. The van der Waals surface area contributed by atoms with E-state index in [0.29, 0.717) is 28.7 Å².